The van der Waals surface area contributed by atoms with Gasteiger partial charge < -0.3 is 10.1 Å². The van der Waals surface area contributed by atoms with Crippen molar-refractivity contribution in [1.29, 1.82) is 5.26 Å². The van der Waals surface area contributed by atoms with Crippen LogP contribution in [0.4, 0.5) is 0 Å². The molecule has 1 N–H and O–H groups in total. The summed E-state index contributed by atoms with van der Waals surface area (Å²) < 4.78 is 4.74. The molecule has 4 nitrogen and oxygen atoms in total. The molecule has 4 heteroatoms. The lowest BCUT2D eigenvalue weighted by molar-refractivity contribution is -0.140. The number of nitrogens with one attached hydrogen (secondary N) is 1. The first-order valence-corrected chi connectivity index (χ1v) is 3.56. The number of nitriles is 1. The summed E-state index contributed by atoms with van der Waals surface area (Å²) in [6.45, 7) is 1.83. The highest BCUT2D eigenvalue weighted by Crippen LogP contribution is 2.20. The van der Waals surface area contributed by atoms with Gasteiger partial charge in [-0.05, 0) is 0 Å². The molecule has 1 rings (SSSR count). The fourth-order valence-corrected chi connectivity index (χ4v) is 1.18. The molecule has 0 bridgehead atoms. The molecule has 0 spiro atoms. The molecule has 0 aromatic carbocycles. The molecule has 0 aromatic rings. The third-order valence-corrected chi connectivity index (χ3v) is 1.89. The van der Waals surface area contributed by atoms with Crippen LogP contribution in [-0.2, 0) is 9.53 Å². The van der Waals surface area contributed by atoms with Gasteiger partial charge in [0.05, 0.1) is 0 Å². The first kappa shape index (κ1) is 8.02. The van der Waals surface area contributed by atoms with E-state index in [1.165, 1.54) is 0 Å². The second-order valence-corrected chi connectivity index (χ2v) is 2.57. The largest absolute Gasteiger partial charge is 0.446 e. The summed E-state index contributed by atoms with van der Waals surface area (Å²) in [6.07, 6.45) is 1.17. The SMILES string of the molecule is N#CC1(OC=O)CCNCC1. The minimum Gasteiger partial charge on any atom is -0.446 e. The van der Waals surface area contributed by atoms with Crippen LogP contribution in [-0.4, -0.2) is 25.2 Å². The summed E-state index contributed by atoms with van der Waals surface area (Å²) >= 11 is 0. The summed E-state index contributed by atoms with van der Waals surface area (Å²) in [7, 11) is 0. The molecule has 11 heavy (non-hydrogen) atoms. The van der Waals surface area contributed by atoms with Gasteiger partial charge in [0, 0.05) is 25.9 Å². The maximum absolute atomic E-state index is 10.0. The maximum Gasteiger partial charge on any atom is 0.294 e. The average molecular weight is 154 g/mol. The van der Waals surface area contributed by atoms with E-state index in [0.29, 0.717) is 19.3 Å². The van der Waals surface area contributed by atoms with E-state index in [1.54, 1.807) is 0 Å². The van der Waals surface area contributed by atoms with Crippen molar-refractivity contribution in [3.63, 3.8) is 0 Å². The molecule has 60 valence electrons. The second kappa shape index (κ2) is 3.35. The Morgan fingerprint density at radius 3 is 2.64 bits per heavy atom. The summed E-state index contributed by atoms with van der Waals surface area (Å²) in [6, 6.07) is 2.02. The fraction of sp³-hybridized carbons (Fsp3) is 0.714. The molecule has 0 aromatic heterocycles. The van der Waals surface area contributed by atoms with Crippen LogP contribution in [0, 0.1) is 11.3 Å². The van der Waals surface area contributed by atoms with Crippen LogP contribution in [0.15, 0.2) is 0 Å². The molecular formula is C7H10N2O2. The van der Waals surface area contributed by atoms with E-state index in [1.807, 2.05) is 6.07 Å². The molecule has 0 saturated carbocycles. The molecular weight excluding hydrogens is 144 g/mol. The van der Waals surface area contributed by atoms with Gasteiger partial charge in [0.1, 0.15) is 6.07 Å². The molecule has 0 atom stereocenters. The van der Waals surface area contributed by atoms with Crippen LogP contribution < -0.4 is 5.32 Å². The van der Waals surface area contributed by atoms with Crippen LogP contribution in [0.1, 0.15) is 12.8 Å². The minimum atomic E-state index is -0.854. The topological polar surface area (TPSA) is 62.1 Å². The Bertz CT molecular complexity index is 179. The van der Waals surface area contributed by atoms with Crippen LogP contribution in [0.25, 0.3) is 0 Å². The molecule has 1 aliphatic heterocycles. The van der Waals surface area contributed by atoms with E-state index in [4.69, 9.17) is 10.00 Å². The first-order chi connectivity index (χ1) is 5.33. The molecule has 1 saturated heterocycles. The molecule has 1 heterocycles. The highest BCUT2D eigenvalue weighted by atomic mass is 16.5. The predicted molar refractivity (Wildman–Crippen MR) is 37.6 cm³/mol. The smallest absolute Gasteiger partial charge is 0.294 e. The molecule has 0 radical (unpaired) electrons. The van der Waals surface area contributed by atoms with E-state index >= 15 is 0 Å². The lowest BCUT2D eigenvalue weighted by atomic mass is 9.94. The third-order valence-electron chi connectivity index (χ3n) is 1.89. The summed E-state index contributed by atoms with van der Waals surface area (Å²) in [4.78, 5) is 10.0. The Balaban J connectivity index is 2.58. The minimum absolute atomic E-state index is 0.356. The second-order valence-electron chi connectivity index (χ2n) is 2.57. The van der Waals surface area contributed by atoms with Crippen molar-refractivity contribution in [2.24, 2.45) is 0 Å². The van der Waals surface area contributed by atoms with Gasteiger partial charge >= 0.3 is 0 Å². The number of carbonyl (C=O) groups is 1. The van der Waals surface area contributed by atoms with Crippen LogP contribution in [0.5, 0.6) is 0 Å². The van der Waals surface area contributed by atoms with Crippen molar-refractivity contribution >= 4 is 6.47 Å². The highest BCUT2D eigenvalue weighted by Gasteiger charge is 2.33. The van der Waals surface area contributed by atoms with Crippen molar-refractivity contribution < 1.29 is 9.53 Å². The Kier molecular flexibility index (Phi) is 2.44. The monoisotopic (exact) mass is 154 g/mol. The third kappa shape index (κ3) is 1.69. The summed E-state index contributed by atoms with van der Waals surface area (Å²) in [5.74, 6) is 0. The van der Waals surface area contributed by atoms with Gasteiger partial charge in [-0.15, -0.1) is 0 Å². The Morgan fingerprint density at radius 2 is 2.18 bits per heavy atom. The summed E-state index contributed by atoms with van der Waals surface area (Å²) in [5.41, 5.74) is -0.854. The van der Waals surface area contributed by atoms with Gasteiger partial charge in [-0.2, -0.15) is 5.26 Å². The lowest BCUT2D eigenvalue weighted by Gasteiger charge is -2.28. The number of piperidine rings is 1. The van der Waals surface area contributed by atoms with E-state index in [9.17, 15) is 4.79 Å². The molecule has 0 amide bonds. The number of carbonyl (C=O) groups excluding carboxylic acids is 1. The van der Waals surface area contributed by atoms with Gasteiger partial charge in [-0.25, -0.2) is 0 Å². The van der Waals surface area contributed by atoms with E-state index in [0.717, 1.165) is 13.1 Å². The first-order valence-electron chi connectivity index (χ1n) is 3.56. The maximum atomic E-state index is 10.0. The van der Waals surface area contributed by atoms with Crippen LogP contribution in [0.2, 0.25) is 0 Å². The molecule has 0 unspecified atom stereocenters. The van der Waals surface area contributed by atoms with Gasteiger partial charge in [-0.3, -0.25) is 4.79 Å². The lowest BCUT2D eigenvalue weighted by Crippen LogP contribution is -2.42. The Hall–Kier alpha value is -1.08. The van der Waals surface area contributed by atoms with Gasteiger partial charge in [0.15, 0.2) is 5.60 Å². The van der Waals surface area contributed by atoms with Crippen LogP contribution >= 0.6 is 0 Å². The molecule has 0 aliphatic carbocycles. The number of nitrogens with zero attached hydrogens (tertiary/aromatic N) is 1. The van der Waals surface area contributed by atoms with Crippen LogP contribution in [0.3, 0.4) is 0 Å². The zero-order chi connectivity index (χ0) is 8.16. The molecule has 1 fully saturated rings. The van der Waals surface area contributed by atoms with Gasteiger partial charge in [0.25, 0.3) is 6.47 Å². The standard InChI is InChI=1S/C7H10N2O2/c8-5-7(11-6-10)1-3-9-4-2-7/h6,9H,1-4H2. The van der Waals surface area contributed by atoms with Crippen molar-refractivity contribution in [3.8, 4) is 6.07 Å². The average Bonchev–Trinajstić information content (AvgIpc) is 2.07. The Morgan fingerprint density at radius 1 is 1.55 bits per heavy atom. The van der Waals surface area contributed by atoms with E-state index in [-0.39, 0.29) is 0 Å². The van der Waals surface area contributed by atoms with E-state index < -0.39 is 5.60 Å². The van der Waals surface area contributed by atoms with Gasteiger partial charge in [-0.1, -0.05) is 0 Å². The predicted octanol–water partition coefficient (Wildman–Crippen LogP) is -0.195. The Labute approximate surface area is 65.1 Å². The normalized spacial score (nSPS) is 21.7. The van der Waals surface area contributed by atoms with Crippen molar-refractivity contribution in [3.05, 3.63) is 0 Å². The quantitative estimate of drug-likeness (QED) is 0.560. The van der Waals surface area contributed by atoms with Gasteiger partial charge in [0.2, 0.25) is 0 Å². The number of rotatable bonds is 2. The summed E-state index contributed by atoms with van der Waals surface area (Å²) in [5, 5.41) is 11.8. The van der Waals surface area contributed by atoms with Crippen molar-refractivity contribution in [2.75, 3.05) is 13.1 Å². The van der Waals surface area contributed by atoms with Crippen molar-refractivity contribution in [1.82, 2.24) is 5.32 Å². The number of hydrogen-bond acceptors (Lipinski definition) is 4. The zero-order valence-corrected chi connectivity index (χ0v) is 6.17. The number of ether oxygens (including phenoxy) is 1. The van der Waals surface area contributed by atoms with Crippen molar-refractivity contribution in [2.45, 2.75) is 18.4 Å². The zero-order valence-electron chi connectivity index (χ0n) is 6.17. The molecule has 1 aliphatic rings. The number of hydrogen-bond donors (Lipinski definition) is 1. The van der Waals surface area contributed by atoms with E-state index in [2.05, 4.69) is 5.32 Å². The highest BCUT2D eigenvalue weighted by molar-refractivity contribution is 5.39. The fourth-order valence-electron chi connectivity index (χ4n) is 1.18.